The molecule has 2 fully saturated rings. The normalized spacial score (nSPS) is 18.4. The van der Waals surface area contributed by atoms with Gasteiger partial charge in [-0.2, -0.15) is 5.10 Å². The van der Waals surface area contributed by atoms with Gasteiger partial charge in [-0.3, -0.25) is 4.79 Å². The van der Waals surface area contributed by atoms with Gasteiger partial charge in [0.05, 0.1) is 17.3 Å². The first-order chi connectivity index (χ1) is 16.7. The van der Waals surface area contributed by atoms with Crippen molar-refractivity contribution in [2.75, 3.05) is 31.1 Å². The van der Waals surface area contributed by atoms with E-state index >= 15 is 0 Å². The second kappa shape index (κ2) is 10.1. The number of aromatic nitrogens is 4. The monoisotopic (exact) mass is 460 g/mol. The predicted octanol–water partition coefficient (Wildman–Crippen LogP) is 4.95. The van der Waals surface area contributed by atoms with E-state index in [4.69, 9.17) is 15.1 Å². The number of carbonyl (C=O) groups excluding carboxylic acids is 1. The van der Waals surface area contributed by atoms with Gasteiger partial charge in [0.2, 0.25) is 5.91 Å². The number of anilines is 1. The Labute approximate surface area is 202 Å². The van der Waals surface area contributed by atoms with Crippen molar-refractivity contribution in [1.82, 2.24) is 24.6 Å². The average Bonchev–Trinajstić information content (AvgIpc) is 3.49. The number of nitrogens with zero attached hydrogens (tertiary/aromatic N) is 6. The third-order valence-corrected chi connectivity index (χ3v) is 7.40. The van der Waals surface area contributed by atoms with Gasteiger partial charge in [-0.15, -0.1) is 0 Å². The van der Waals surface area contributed by atoms with Crippen molar-refractivity contribution in [2.24, 2.45) is 5.92 Å². The summed E-state index contributed by atoms with van der Waals surface area (Å²) in [5.74, 6) is 2.72. The molecule has 7 heteroatoms. The Bertz CT molecular complexity index is 1120. The minimum atomic E-state index is 0.239. The van der Waals surface area contributed by atoms with Crippen molar-refractivity contribution < 1.29 is 4.79 Å². The second-order valence-corrected chi connectivity index (χ2v) is 9.87. The third kappa shape index (κ3) is 4.52. The highest BCUT2D eigenvalue weighted by atomic mass is 16.2. The molecule has 0 N–H and O–H groups in total. The van der Waals surface area contributed by atoms with Crippen molar-refractivity contribution in [3.63, 3.8) is 0 Å². The van der Waals surface area contributed by atoms with Gasteiger partial charge in [0.15, 0.2) is 5.65 Å². The molecule has 180 valence electrons. The number of rotatable bonds is 6. The fourth-order valence-corrected chi connectivity index (χ4v) is 5.47. The minimum absolute atomic E-state index is 0.239. The molecule has 3 aromatic rings. The maximum Gasteiger partial charge on any atom is 0.225 e. The van der Waals surface area contributed by atoms with E-state index in [0.29, 0.717) is 5.91 Å². The second-order valence-electron chi connectivity index (χ2n) is 9.87. The fraction of sp³-hybridized carbons (Fsp3) is 0.556. The van der Waals surface area contributed by atoms with Crippen molar-refractivity contribution in [2.45, 2.75) is 64.7 Å². The van der Waals surface area contributed by atoms with Crippen molar-refractivity contribution in [1.29, 1.82) is 0 Å². The number of para-hydroxylation sites is 1. The van der Waals surface area contributed by atoms with E-state index in [9.17, 15) is 4.79 Å². The number of hydrogen-bond donors (Lipinski definition) is 0. The summed E-state index contributed by atoms with van der Waals surface area (Å²) < 4.78 is 1.93. The molecule has 0 spiro atoms. The molecular formula is C27H36N6O. The number of carbonyl (C=O) groups is 1. The highest BCUT2D eigenvalue weighted by Crippen LogP contribution is 2.31. The lowest BCUT2D eigenvalue weighted by atomic mass is 10.1. The molecule has 1 aromatic carbocycles. The Hall–Kier alpha value is -2.96. The van der Waals surface area contributed by atoms with E-state index in [1.165, 1.54) is 12.8 Å². The highest BCUT2D eigenvalue weighted by molar-refractivity contribution is 5.88. The Morgan fingerprint density at radius 2 is 1.82 bits per heavy atom. The highest BCUT2D eigenvalue weighted by Gasteiger charge is 2.29. The lowest BCUT2D eigenvalue weighted by Crippen LogP contribution is -2.38. The zero-order valence-corrected chi connectivity index (χ0v) is 20.5. The third-order valence-electron chi connectivity index (χ3n) is 7.40. The van der Waals surface area contributed by atoms with Gasteiger partial charge in [-0.05, 0) is 37.8 Å². The summed E-state index contributed by atoms with van der Waals surface area (Å²) in [4.78, 5) is 27.6. The fourth-order valence-electron chi connectivity index (χ4n) is 5.47. The molecule has 0 bridgehead atoms. The molecule has 7 nitrogen and oxygen atoms in total. The van der Waals surface area contributed by atoms with Gasteiger partial charge in [0.25, 0.3) is 0 Å². The predicted molar refractivity (Wildman–Crippen MR) is 135 cm³/mol. The summed E-state index contributed by atoms with van der Waals surface area (Å²) in [6.45, 7) is 7.69. The molecule has 3 heterocycles. The molecule has 0 radical (unpaired) electrons. The zero-order valence-electron chi connectivity index (χ0n) is 20.5. The summed E-state index contributed by atoms with van der Waals surface area (Å²) >= 11 is 0. The molecule has 34 heavy (non-hydrogen) atoms. The van der Waals surface area contributed by atoms with Crippen LogP contribution in [0.5, 0.6) is 0 Å². The molecule has 1 amide bonds. The number of hydrogen-bond acceptors (Lipinski definition) is 5. The van der Waals surface area contributed by atoms with Crippen molar-refractivity contribution in [3.05, 3.63) is 42.4 Å². The molecule has 1 aliphatic heterocycles. The molecular weight excluding hydrogens is 424 g/mol. The van der Waals surface area contributed by atoms with Crippen LogP contribution in [-0.4, -0.2) is 56.7 Å². The standard InChI is InChI=1S/C27H36N6O/c1-3-10-20(2)24-29-25(23-19-28-33(26(23)30-24)22-13-5-4-6-14-22)31-15-9-16-32(18-17-31)27(34)21-11-7-8-12-21/h4-6,13-14,19-21H,3,7-12,15-18H2,1-2H3/t20-/m1/s1. The maximum absolute atomic E-state index is 13.1. The first-order valence-electron chi connectivity index (χ1n) is 13.0. The van der Waals surface area contributed by atoms with Crippen molar-refractivity contribution >= 4 is 22.8 Å². The summed E-state index contributed by atoms with van der Waals surface area (Å²) in [5.41, 5.74) is 1.86. The lowest BCUT2D eigenvalue weighted by Gasteiger charge is -2.25. The van der Waals surface area contributed by atoms with Gasteiger partial charge >= 0.3 is 0 Å². The van der Waals surface area contributed by atoms with Crippen LogP contribution in [0, 0.1) is 5.92 Å². The van der Waals surface area contributed by atoms with Crippen LogP contribution in [0.25, 0.3) is 16.7 Å². The lowest BCUT2D eigenvalue weighted by molar-refractivity contribution is -0.135. The Balaban J connectivity index is 1.48. The summed E-state index contributed by atoms with van der Waals surface area (Å²) in [6.07, 6.45) is 9.51. The summed E-state index contributed by atoms with van der Waals surface area (Å²) in [6, 6.07) is 10.2. The van der Waals surface area contributed by atoms with Gasteiger partial charge in [-0.1, -0.05) is 51.3 Å². The van der Waals surface area contributed by atoms with E-state index in [1.807, 2.05) is 29.1 Å². The molecule has 5 rings (SSSR count). The van der Waals surface area contributed by atoms with E-state index in [2.05, 4.69) is 35.8 Å². The summed E-state index contributed by atoms with van der Waals surface area (Å²) in [7, 11) is 0. The molecule has 1 aliphatic carbocycles. The zero-order chi connectivity index (χ0) is 23.5. The molecule has 0 unspecified atom stereocenters. The van der Waals surface area contributed by atoms with Gasteiger partial charge in [0, 0.05) is 38.0 Å². The van der Waals surface area contributed by atoms with Crippen LogP contribution < -0.4 is 4.90 Å². The Morgan fingerprint density at radius 3 is 2.59 bits per heavy atom. The first-order valence-corrected chi connectivity index (χ1v) is 13.0. The van der Waals surface area contributed by atoms with Gasteiger partial charge in [0.1, 0.15) is 11.6 Å². The van der Waals surface area contributed by atoms with Crippen molar-refractivity contribution in [3.8, 4) is 5.69 Å². The van der Waals surface area contributed by atoms with Gasteiger partial charge in [-0.25, -0.2) is 14.6 Å². The van der Waals surface area contributed by atoms with Crippen LogP contribution in [0.15, 0.2) is 36.5 Å². The van der Waals surface area contributed by atoms with Crippen LogP contribution in [0.3, 0.4) is 0 Å². The molecule has 1 saturated heterocycles. The molecule has 2 aliphatic rings. The van der Waals surface area contributed by atoms with Crippen LogP contribution >= 0.6 is 0 Å². The Morgan fingerprint density at radius 1 is 1.03 bits per heavy atom. The largest absolute Gasteiger partial charge is 0.354 e. The number of benzene rings is 1. The number of fused-ring (bicyclic) bond motifs is 1. The number of amides is 1. The SMILES string of the molecule is CCC[C@@H](C)c1nc(N2CCCN(C(=O)C3CCCC3)CC2)c2cnn(-c3ccccc3)c2n1. The van der Waals surface area contributed by atoms with E-state index < -0.39 is 0 Å². The molecule has 2 aromatic heterocycles. The average molecular weight is 461 g/mol. The van der Waals surface area contributed by atoms with Gasteiger partial charge < -0.3 is 9.80 Å². The van der Waals surface area contributed by atoms with Crippen LogP contribution in [0.2, 0.25) is 0 Å². The molecule has 1 atom stereocenters. The topological polar surface area (TPSA) is 67.2 Å². The molecule has 1 saturated carbocycles. The van der Waals surface area contributed by atoms with Crippen LogP contribution in [0.4, 0.5) is 5.82 Å². The maximum atomic E-state index is 13.1. The van der Waals surface area contributed by atoms with Crippen LogP contribution in [-0.2, 0) is 4.79 Å². The smallest absolute Gasteiger partial charge is 0.225 e. The quantitative estimate of drug-likeness (QED) is 0.521. The van der Waals surface area contributed by atoms with E-state index in [0.717, 1.165) is 86.6 Å². The van der Waals surface area contributed by atoms with E-state index in [1.54, 1.807) is 0 Å². The summed E-state index contributed by atoms with van der Waals surface area (Å²) in [5, 5.41) is 5.69. The Kier molecular flexibility index (Phi) is 6.79. The minimum Gasteiger partial charge on any atom is -0.354 e. The first kappa shape index (κ1) is 22.8. The van der Waals surface area contributed by atoms with E-state index in [-0.39, 0.29) is 11.8 Å². The van der Waals surface area contributed by atoms with Crippen LogP contribution in [0.1, 0.15) is 70.5 Å².